The van der Waals surface area contributed by atoms with Crippen LogP contribution in [0.4, 0.5) is 35.1 Å². The van der Waals surface area contributed by atoms with Gasteiger partial charge in [0, 0.05) is 0 Å². The average molecular weight is 593 g/mol. The summed E-state index contributed by atoms with van der Waals surface area (Å²) >= 11 is 0. The summed E-state index contributed by atoms with van der Waals surface area (Å²) in [7, 11) is 0. The van der Waals surface area contributed by atoms with Crippen molar-refractivity contribution < 1.29 is 35.1 Å². The van der Waals surface area contributed by atoms with Gasteiger partial charge in [-0.1, -0.05) is 83.1 Å². The molecule has 0 aromatic rings. The van der Waals surface area contributed by atoms with Crippen LogP contribution in [0.3, 0.4) is 0 Å². The summed E-state index contributed by atoms with van der Waals surface area (Å²) in [6, 6.07) is 0. The first kappa shape index (κ1) is 37.5. The molecule has 8 heteroatoms. The number of alkyl halides is 8. The van der Waals surface area contributed by atoms with Crippen molar-refractivity contribution in [3.63, 3.8) is 0 Å². The van der Waals surface area contributed by atoms with E-state index in [-0.39, 0.29) is 22.7 Å². The Morgan fingerprint density at radius 1 is 0.450 bits per heavy atom. The summed E-state index contributed by atoms with van der Waals surface area (Å²) in [4.78, 5) is 0. The van der Waals surface area contributed by atoms with E-state index in [1.807, 2.05) is 41.5 Å². The molecule has 4 aliphatic carbocycles. The van der Waals surface area contributed by atoms with Crippen molar-refractivity contribution in [3.05, 3.63) is 0 Å². The minimum Gasteiger partial charge on any atom is -0.244 e. The molecule has 4 saturated carbocycles. The molecule has 240 valence electrons. The lowest BCUT2D eigenvalue weighted by Crippen LogP contribution is -2.36. The average Bonchev–Trinajstić information content (AvgIpc) is 3.48. The van der Waals surface area contributed by atoms with Crippen molar-refractivity contribution in [2.75, 3.05) is 0 Å². The van der Waals surface area contributed by atoms with Gasteiger partial charge in [0.1, 0.15) is 11.3 Å². The molecule has 0 aliphatic heterocycles. The Hall–Kier alpha value is -0.560. The van der Waals surface area contributed by atoms with E-state index in [1.165, 1.54) is 0 Å². The zero-order valence-electron chi connectivity index (χ0n) is 27.1. The van der Waals surface area contributed by atoms with Gasteiger partial charge in [0.25, 0.3) is 0 Å². The molecule has 0 saturated heterocycles. The fourth-order valence-corrected chi connectivity index (χ4v) is 5.43. The molecular formula is C32H56F8. The van der Waals surface area contributed by atoms with Crippen LogP contribution in [0.2, 0.25) is 0 Å². The van der Waals surface area contributed by atoms with E-state index in [9.17, 15) is 35.1 Å². The predicted octanol–water partition coefficient (Wildman–Crippen LogP) is 12.6. The highest BCUT2D eigenvalue weighted by Gasteiger charge is 2.68. The standard InChI is InChI=1S/C9H15F3.C8H13F3.C8H15F.C7H13F/c1-7(2,3)6-8(4-5-8)9(10,11)12;1-6(2,3)7(4-5-7)8(9,10)11;1-7(2,3)6-8(9)4-5-8;1-6(2,3)7(8)4-5-7/h4-6H2,1-3H3;4-5H2,1-3H3;4-6H2,1-3H3;4-5H2,1-3H3. The van der Waals surface area contributed by atoms with Crippen molar-refractivity contribution in [2.24, 2.45) is 32.5 Å². The third kappa shape index (κ3) is 10.9. The van der Waals surface area contributed by atoms with Gasteiger partial charge in [-0.05, 0) is 85.9 Å². The van der Waals surface area contributed by atoms with Crippen LogP contribution in [-0.2, 0) is 0 Å². The van der Waals surface area contributed by atoms with Crippen LogP contribution >= 0.6 is 0 Å². The second-order valence-electron chi connectivity index (χ2n) is 17.4. The van der Waals surface area contributed by atoms with Crippen LogP contribution in [0.15, 0.2) is 0 Å². The van der Waals surface area contributed by atoms with Gasteiger partial charge >= 0.3 is 12.4 Å². The number of halogens is 8. The van der Waals surface area contributed by atoms with Gasteiger partial charge in [-0.2, -0.15) is 26.3 Å². The minimum atomic E-state index is -4.01. The van der Waals surface area contributed by atoms with E-state index in [0.29, 0.717) is 25.7 Å². The fraction of sp³-hybridized carbons (Fsp3) is 1.00. The first-order valence-corrected chi connectivity index (χ1v) is 14.8. The molecule has 0 spiro atoms. The maximum absolute atomic E-state index is 13.0. The van der Waals surface area contributed by atoms with Crippen LogP contribution in [-0.4, -0.2) is 23.7 Å². The monoisotopic (exact) mass is 592 g/mol. The lowest BCUT2D eigenvalue weighted by molar-refractivity contribution is -0.215. The number of rotatable bonds is 2. The third-order valence-electron chi connectivity index (χ3n) is 8.72. The van der Waals surface area contributed by atoms with E-state index in [4.69, 9.17) is 0 Å². The predicted molar refractivity (Wildman–Crippen MR) is 149 cm³/mol. The van der Waals surface area contributed by atoms with Gasteiger partial charge in [-0.3, -0.25) is 0 Å². The molecule has 4 fully saturated rings. The van der Waals surface area contributed by atoms with Gasteiger partial charge in [0.15, 0.2) is 0 Å². The molecule has 0 amide bonds. The Morgan fingerprint density at radius 2 is 0.825 bits per heavy atom. The molecule has 0 N–H and O–H groups in total. The SMILES string of the molecule is CC(C)(C)C1(C(F)(F)F)CC1.CC(C)(C)C1(F)CC1.CC(C)(C)CC1(C(F)(F)F)CC1.CC(C)(C)CC1(F)CC1. The Morgan fingerprint density at radius 3 is 0.875 bits per heavy atom. The van der Waals surface area contributed by atoms with Crippen molar-refractivity contribution in [1.82, 2.24) is 0 Å². The molecule has 0 aromatic carbocycles. The Bertz CT molecular complexity index is 783. The van der Waals surface area contributed by atoms with E-state index in [2.05, 4.69) is 20.8 Å². The van der Waals surface area contributed by atoms with Crippen LogP contribution in [0.1, 0.15) is 147 Å². The summed E-state index contributed by atoms with van der Waals surface area (Å²) in [5.74, 6) is 0. The van der Waals surface area contributed by atoms with E-state index < -0.39 is 39.9 Å². The molecule has 4 rings (SSSR count). The third-order valence-corrected chi connectivity index (χ3v) is 8.72. The fourth-order valence-electron chi connectivity index (χ4n) is 5.43. The largest absolute Gasteiger partial charge is 0.395 e. The molecule has 4 aliphatic rings. The van der Waals surface area contributed by atoms with Crippen molar-refractivity contribution in [3.8, 4) is 0 Å². The van der Waals surface area contributed by atoms with Crippen LogP contribution in [0.5, 0.6) is 0 Å². The second kappa shape index (κ2) is 11.2. The summed E-state index contributed by atoms with van der Waals surface area (Å²) in [5, 5.41) is 0. The summed E-state index contributed by atoms with van der Waals surface area (Å²) in [6.07, 6.45) is -2.59. The van der Waals surface area contributed by atoms with Crippen molar-refractivity contribution in [2.45, 2.75) is 171 Å². The summed E-state index contributed by atoms with van der Waals surface area (Å²) in [5.41, 5.74) is -5.08. The highest BCUT2D eigenvalue weighted by atomic mass is 19.4. The molecule has 0 aromatic heterocycles. The molecular weight excluding hydrogens is 536 g/mol. The van der Waals surface area contributed by atoms with Gasteiger partial charge in [0.05, 0.1) is 10.8 Å². The summed E-state index contributed by atoms with van der Waals surface area (Å²) in [6.45, 7) is 22.7. The molecule has 0 atom stereocenters. The lowest BCUT2D eigenvalue weighted by atomic mass is 9.77. The van der Waals surface area contributed by atoms with Gasteiger partial charge in [-0.25, -0.2) is 8.78 Å². The Kier molecular flexibility index (Phi) is 10.5. The van der Waals surface area contributed by atoms with Crippen molar-refractivity contribution >= 4 is 0 Å². The number of hydrogen-bond acceptors (Lipinski definition) is 0. The molecule has 40 heavy (non-hydrogen) atoms. The molecule has 0 unspecified atom stereocenters. The topological polar surface area (TPSA) is 0 Å². The zero-order valence-corrected chi connectivity index (χ0v) is 27.1. The molecule has 0 nitrogen and oxygen atoms in total. The van der Waals surface area contributed by atoms with E-state index >= 15 is 0 Å². The maximum atomic E-state index is 13.0. The Balaban J connectivity index is 0.000000270. The molecule has 0 radical (unpaired) electrons. The Labute approximate surface area is 238 Å². The minimum absolute atomic E-state index is 0.118. The normalized spacial score (nSPS) is 23.7. The number of hydrogen-bond donors (Lipinski definition) is 0. The molecule has 0 heterocycles. The highest BCUT2D eigenvalue weighted by Crippen LogP contribution is 2.67. The van der Waals surface area contributed by atoms with Gasteiger partial charge < -0.3 is 0 Å². The zero-order chi connectivity index (χ0) is 32.1. The van der Waals surface area contributed by atoms with Gasteiger partial charge in [0.2, 0.25) is 0 Å². The lowest BCUT2D eigenvalue weighted by Gasteiger charge is -2.32. The first-order valence-electron chi connectivity index (χ1n) is 14.8. The van der Waals surface area contributed by atoms with Crippen molar-refractivity contribution in [1.29, 1.82) is 0 Å². The first-order chi connectivity index (χ1) is 17.2. The van der Waals surface area contributed by atoms with Crippen LogP contribution < -0.4 is 0 Å². The molecule has 0 bridgehead atoms. The second-order valence-corrected chi connectivity index (χ2v) is 17.4. The van der Waals surface area contributed by atoms with E-state index in [1.54, 1.807) is 20.8 Å². The van der Waals surface area contributed by atoms with Gasteiger partial charge in [-0.15, -0.1) is 0 Å². The van der Waals surface area contributed by atoms with Crippen LogP contribution in [0.25, 0.3) is 0 Å². The van der Waals surface area contributed by atoms with Crippen LogP contribution in [0, 0.1) is 32.5 Å². The smallest absolute Gasteiger partial charge is 0.244 e. The summed E-state index contributed by atoms with van der Waals surface area (Å²) < 4.78 is 100. The highest BCUT2D eigenvalue weighted by molar-refractivity contribution is 5.06. The quantitative estimate of drug-likeness (QED) is 0.280. The van der Waals surface area contributed by atoms with E-state index in [0.717, 1.165) is 32.1 Å². The maximum Gasteiger partial charge on any atom is 0.395 e.